The number of amides is 1. The zero-order valence-corrected chi connectivity index (χ0v) is 19.5. The molecular formula is C25H29NO7. The molecule has 8 heteroatoms. The van der Waals surface area contributed by atoms with Gasteiger partial charge >= 0.3 is 11.9 Å². The molecule has 0 aliphatic carbocycles. The molecule has 1 atom stereocenters. The number of ether oxygens (including phenoxy) is 3. The lowest BCUT2D eigenvalue weighted by atomic mass is 9.83. The molecule has 1 aliphatic heterocycles. The minimum Gasteiger partial charge on any atom is -0.496 e. The summed E-state index contributed by atoms with van der Waals surface area (Å²) in [6.07, 6.45) is 0.0639. The number of esters is 2. The highest BCUT2D eigenvalue weighted by Crippen LogP contribution is 2.41. The molecule has 1 amide bonds. The number of methoxy groups -OCH3 is 2. The van der Waals surface area contributed by atoms with Crippen molar-refractivity contribution in [1.82, 2.24) is 4.90 Å². The molecule has 3 rings (SSSR count). The number of furan rings is 1. The molecule has 1 aromatic heterocycles. The zero-order chi connectivity index (χ0) is 24.1. The number of para-hydroxylation sites is 1. The van der Waals surface area contributed by atoms with Crippen molar-refractivity contribution in [3.8, 4) is 5.75 Å². The summed E-state index contributed by atoms with van der Waals surface area (Å²) in [5.74, 6) is -0.556. The van der Waals surface area contributed by atoms with Crippen molar-refractivity contribution in [1.29, 1.82) is 0 Å². The summed E-state index contributed by atoms with van der Waals surface area (Å²) in [5, 5.41) is 0. The number of benzene rings is 1. The third kappa shape index (κ3) is 5.27. The van der Waals surface area contributed by atoms with E-state index in [1.54, 1.807) is 26.2 Å². The molecule has 0 unspecified atom stereocenters. The summed E-state index contributed by atoms with van der Waals surface area (Å²) in [5.41, 5.74) is 1.63. The topological polar surface area (TPSA) is 95.3 Å². The zero-order valence-electron chi connectivity index (χ0n) is 19.5. The maximum atomic E-state index is 13.2. The Morgan fingerprint density at radius 3 is 2.52 bits per heavy atom. The normalized spacial score (nSPS) is 16.2. The first kappa shape index (κ1) is 24.1. The average Bonchev–Trinajstić information content (AvgIpc) is 3.28. The van der Waals surface area contributed by atoms with E-state index in [0.717, 1.165) is 5.56 Å². The van der Waals surface area contributed by atoms with Crippen molar-refractivity contribution in [2.75, 3.05) is 20.8 Å². The van der Waals surface area contributed by atoms with E-state index in [4.69, 9.17) is 13.9 Å². The highest BCUT2D eigenvalue weighted by atomic mass is 16.5. The number of hydrogen-bond acceptors (Lipinski definition) is 7. The first-order valence-corrected chi connectivity index (χ1v) is 10.7. The minimum atomic E-state index is -0.604. The molecule has 0 spiro atoms. The fourth-order valence-corrected chi connectivity index (χ4v) is 3.84. The number of nitrogens with zero attached hydrogens (tertiary/aromatic N) is 1. The van der Waals surface area contributed by atoms with Crippen LogP contribution in [0.25, 0.3) is 0 Å². The Morgan fingerprint density at radius 1 is 1.12 bits per heavy atom. The van der Waals surface area contributed by atoms with E-state index >= 15 is 0 Å². The van der Waals surface area contributed by atoms with Crippen molar-refractivity contribution >= 4 is 17.8 Å². The van der Waals surface area contributed by atoms with Gasteiger partial charge in [-0.3, -0.25) is 4.79 Å². The summed E-state index contributed by atoms with van der Waals surface area (Å²) in [7, 11) is 2.82. The molecule has 0 N–H and O–H groups in total. The predicted molar refractivity (Wildman–Crippen MR) is 119 cm³/mol. The van der Waals surface area contributed by atoms with Gasteiger partial charge in [-0.05, 0) is 31.0 Å². The van der Waals surface area contributed by atoms with E-state index in [-0.39, 0.29) is 37.2 Å². The van der Waals surface area contributed by atoms with Crippen LogP contribution in [0.2, 0.25) is 0 Å². The van der Waals surface area contributed by atoms with Crippen LogP contribution in [-0.4, -0.2) is 43.6 Å². The quantitative estimate of drug-likeness (QED) is 0.554. The summed E-state index contributed by atoms with van der Waals surface area (Å²) in [6.45, 7) is 5.97. The molecule has 0 fully saturated rings. The van der Waals surface area contributed by atoms with E-state index in [1.165, 1.54) is 18.1 Å². The van der Waals surface area contributed by atoms with E-state index < -0.39 is 17.9 Å². The third-order valence-electron chi connectivity index (χ3n) is 5.47. The molecule has 2 aromatic rings. The van der Waals surface area contributed by atoms with E-state index in [1.807, 2.05) is 32.0 Å². The van der Waals surface area contributed by atoms with E-state index in [2.05, 4.69) is 4.74 Å². The van der Waals surface area contributed by atoms with Crippen LogP contribution in [0.4, 0.5) is 0 Å². The maximum Gasteiger partial charge on any atom is 0.373 e. The molecule has 8 nitrogen and oxygen atoms in total. The second kappa shape index (κ2) is 10.4. The van der Waals surface area contributed by atoms with Crippen molar-refractivity contribution < 1.29 is 33.0 Å². The van der Waals surface area contributed by atoms with Gasteiger partial charge in [0.1, 0.15) is 11.5 Å². The molecular weight excluding hydrogens is 426 g/mol. The van der Waals surface area contributed by atoms with Gasteiger partial charge in [-0.2, -0.15) is 0 Å². The molecule has 0 saturated carbocycles. The minimum absolute atomic E-state index is 0.0436. The second-order valence-electron chi connectivity index (χ2n) is 8.23. The van der Waals surface area contributed by atoms with Crippen molar-refractivity contribution in [3.05, 3.63) is 64.8 Å². The van der Waals surface area contributed by atoms with Gasteiger partial charge in [0.25, 0.3) is 0 Å². The first-order valence-electron chi connectivity index (χ1n) is 10.7. The number of rotatable bonds is 8. The van der Waals surface area contributed by atoms with Gasteiger partial charge in [-0.15, -0.1) is 0 Å². The van der Waals surface area contributed by atoms with Crippen LogP contribution in [0.1, 0.15) is 55.0 Å². The lowest BCUT2D eigenvalue weighted by Crippen LogP contribution is -2.38. The van der Waals surface area contributed by atoms with Crippen molar-refractivity contribution in [3.63, 3.8) is 0 Å². The fourth-order valence-electron chi connectivity index (χ4n) is 3.84. The number of carbonyl (C=O) groups is 3. The van der Waals surface area contributed by atoms with Crippen LogP contribution in [-0.2, 0) is 25.6 Å². The Balaban J connectivity index is 2.01. The molecule has 0 saturated heterocycles. The van der Waals surface area contributed by atoms with Crippen molar-refractivity contribution in [2.24, 2.45) is 5.92 Å². The van der Waals surface area contributed by atoms with Crippen LogP contribution < -0.4 is 4.74 Å². The first-order chi connectivity index (χ1) is 15.8. The Hall–Kier alpha value is -3.55. The second-order valence-corrected chi connectivity index (χ2v) is 8.23. The number of carbonyl (C=O) groups excluding carboxylic acids is 3. The molecule has 0 radical (unpaired) electrons. The standard InChI is InChI=1S/C25H29NO7/c1-15(2)14-32-25(29)23-16(3)26(13-17-10-11-21(33-17)24(28)31-5)22(27)12-19(23)18-8-6-7-9-20(18)30-4/h6-11,15,19H,12-14H2,1-5H3/t19-/m0/s1. The molecule has 0 bridgehead atoms. The van der Waals surface area contributed by atoms with Gasteiger partial charge in [0.05, 0.1) is 32.9 Å². The van der Waals surface area contributed by atoms with E-state index in [0.29, 0.717) is 22.8 Å². The van der Waals surface area contributed by atoms with Crippen LogP contribution >= 0.6 is 0 Å². The molecule has 1 aliphatic rings. The monoisotopic (exact) mass is 455 g/mol. The number of hydrogen-bond donors (Lipinski definition) is 0. The Kier molecular flexibility index (Phi) is 7.58. The maximum absolute atomic E-state index is 13.2. The fraction of sp³-hybridized carbons (Fsp3) is 0.400. The molecule has 2 heterocycles. The summed E-state index contributed by atoms with van der Waals surface area (Å²) in [6, 6.07) is 10.4. The van der Waals surface area contributed by atoms with Gasteiger partial charge in [0.2, 0.25) is 11.7 Å². The predicted octanol–water partition coefficient (Wildman–Crippen LogP) is 4.06. The largest absolute Gasteiger partial charge is 0.496 e. The average molecular weight is 456 g/mol. The van der Waals surface area contributed by atoms with Crippen LogP contribution in [0.3, 0.4) is 0 Å². The summed E-state index contributed by atoms with van der Waals surface area (Å²) < 4.78 is 21.3. The number of allylic oxidation sites excluding steroid dienone is 1. The Labute approximate surface area is 193 Å². The molecule has 33 heavy (non-hydrogen) atoms. The van der Waals surface area contributed by atoms with Crippen LogP contribution in [0.15, 0.2) is 52.1 Å². The highest BCUT2D eigenvalue weighted by Gasteiger charge is 2.38. The lowest BCUT2D eigenvalue weighted by Gasteiger charge is -2.34. The van der Waals surface area contributed by atoms with Crippen LogP contribution in [0, 0.1) is 5.92 Å². The molecule has 1 aromatic carbocycles. The third-order valence-corrected chi connectivity index (χ3v) is 5.47. The SMILES string of the molecule is COC(=O)c1ccc(CN2C(=O)C[C@@H](c3ccccc3OC)C(C(=O)OCC(C)C)=C2C)o1. The molecule has 176 valence electrons. The summed E-state index contributed by atoms with van der Waals surface area (Å²) in [4.78, 5) is 39.6. The Morgan fingerprint density at radius 2 is 1.85 bits per heavy atom. The van der Waals surface area contributed by atoms with Gasteiger partial charge in [-0.1, -0.05) is 32.0 Å². The summed E-state index contributed by atoms with van der Waals surface area (Å²) >= 11 is 0. The lowest BCUT2D eigenvalue weighted by molar-refractivity contribution is -0.141. The van der Waals surface area contributed by atoms with Gasteiger partial charge in [0.15, 0.2) is 0 Å². The van der Waals surface area contributed by atoms with Gasteiger partial charge < -0.3 is 23.5 Å². The highest BCUT2D eigenvalue weighted by molar-refractivity contribution is 5.96. The van der Waals surface area contributed by atoms with Gasteiger partial charge in [-0.25, -0.2) is 9.59 Å². The van der Waals surface area contributed by atoms with Crippen molar-refractivity contribution in [2.45, 2.75) is 39.7 Å². The van der Waals surface area contributed by atoms with Crippen LogP contribution in [0.5, 0.6) is 5.75 Å². The van der Waals surface area contributed by atoms with E-state index in [9.17, 15) is 14.4 Å². The van der Waals surface area contributed by atoms with Gasteiger partial charge in [0, 0.05) is 23.6 Å². The Bertz CT molecular complexity index is 1070. The smallest absolute Gasteiger partial charge is 0.373 e.